The Balaban J connectivity index is 0.00000225. The first-order valence-electron chi connectivity index (χ1n) is 8.55. The van der Waals surface area contributed by atoms with Crippen LogP contribution < -0.4 is 15.9 Å². The van der Waals surface area contributed by atoms with Crippen molar-refractivity contribution in [2.45, 2.75) is 0 Å². The van der Waals surface area contributed by atoms with Crippen molar-refractivity contribution in [3.05, 3.63) is 91.0 Å². The molecule has 3 aromatic carbocycles. The molecule has 0 amide bonds. The van der Waals surface area contributed by atoms with Crippen molar-refractivity contribution in [1.29, 1.82) is 0 Å². The van der Waals surface area contributed by atoms with Gasteiger partial charge in [-0.1, -0.05) is 0 Å². The first kappa shape index (κ1) is 19.8. The third-order valence-electron chi connectivity index (χ3n) is 4.73. The fourth-order valence-corrected chi connectivity index (χ4v) is 8.43. The molecule has 0 heterocycles. The summed E-state index contributed by atoms with van der Waals surface area (Å²) in [6, 6.07) is 33.4. The van der Waals surface area contributed by atoms with Crippen LogP contribution in [-0.4, -0.2) is 31.7 Å². The molecule has 0 atom stereocenters. The molecule has 0 unspecified atom stereocenters. The van der Waals surface area contributed by atoms with Gasteiger partial charge in [0, 0.05) is 0 Å². The van der Waals surface area contributed by atoms with Crippen LogP contribution in [0.4, 0.5) is 0 Å². The minimum absolute atomic E-state index is 0. The monoisotopic (exact) mass is 415 g/mol. The molecule has 0 saturated carbocycles. The number of rotatable bonds is 6. The minimum atomic E-state index is -2.03. The molecule has 1 nitrogen and oxygen atoms in total. The third-order valence-corrected chi connectivity index (χ3v) is 9.66. The van der Waals surface area contributed by atoms with Crippen LogP contribution in [0.1, 0.15) is 0 Å². The predicted octanol–water partition coefficient (Wildman–Crippen LogP) is 3.85. The zero-order valence-corrected chi connectivity index (χ0v) is 17.6. The van der Waals surface area contributed by atoms with E-state index >= 15 is 0 Å². The fraction of sp³-hybridized carbons (Fsp3) is 0.182. The van der Waals surface area contributed by atoms with E-state index in [2.05, 4.69) is 110 Å². The molecule has 3 aromatic rings. The van der Waals surface area contributed by atoms with E-state index in [1.165, 1.54) is 22.1 Å². The standard InChI is InChI=1S/C22H26NP.BrH/c1-23(2)18-19-24(20-12-6-3-7-13-20,21-14-8-4-9-15-21)22-16-10-5-11-17-22;/h3-17,24H,18-19H2,1-2H3;1H. The Kier molecular flexibility index (Phi) is 7.38. The van der Waals surface area contributed by atoms with E-state index in [1.807, 2.05) is 0 Å². The number of benzene rings is 3. The Morgan fingerprint density at radius 2 is 0.920 bits per heavy atom. The van der Waals surface area contributed by atoms with E-state index in [0.717, 1.165) is 6.54 Å². The second-order valence-electron chi connectivity index (χ2n) is 6.56. The van der Waals surface area contributed by atoms with Gasteiger partial charge in [-0.05, 0) is 0 Å². The molecule has 0 saturated heterocycles. The average molecular weight is 416 g/mol. The van der Waals surface area contributed by atoms with Crippen LogP contribution in [0.25, 0.3) is 0 Å². The van der Waals surface area contributed by atoms with E-state index in [0.29, 0.717) is 0 Å². The Hall–Kier alpha value is -1.47. The summed E-state index contributed by atoms with van der Waals surface area (Å²) in [5.74, 6) is 0. The molecule has 25 heavy (non-hydrogen) atoms. The average Bonchev–Trinajstić information content (AvgIpc) is 2.65. The zero-order valence-electron chi connectivity index (χ0n) is 14.9. The Labute approximate surface area is 162 Å². The maximum atomic E-state index is 2.32. The predicted molar refractivity (Wildman–Crippen MR) is 120 cm³/mol. The van der Waals surface area contributed by atoms with E-state index in [-0.39, 0.29) is 17.0 Å². The molecule has 0 spiro atoms. The van der Waals surface area contributed by atoms with Gasteiger partial charge in [0.1, 0.15) is 0 Å². The van der Waals surface area contributed by atoms with E-state index in [4.69, 9.17) is 0 Å². The molecule has 3 heteroatoms. The molecule has 3 rings (SSSR count). The number of halogens is 1. The van der Waals surface area contributed by atoms with Gasteiger partial charge in [-0.2, -0.15) is 0 Å². The number of hydrogen-bond acceptors (Lipinski definition) is 1. The third kappa shape index (κ3) is 4.39. The van der Waals surface area contributed by atoms with Crippen molar-refractivity contribution >= 4 is 40.2 Å². The molecule has 0 aliphatic heterocycles. The van der Waals surface area contributed by atoms with Gasteiger partial charge >= 0.3 is 146 Å². The van der Waals surface area contributed by atoms with Gasteiger partial charge in [0.05, 0.1) is 0 Å². The Morgan fingerprint density at radius 3 is 1.20 bits per heavy atom. The first-order chi connectivity index (χ1) is 11.7. The summed E-state index contributed by atoms with van der Waals surface area (Å²) < 4.78 is 0. The van der Waals surface area contributed by atoms with Crippen LogP contribution >= 0.6 is 24.2 Å². The SMILES string of the molecule is Br.CN(C)CC[PH](c1ccccc1)(c1ccccc1)c1ccccc1. The normalized spacial score (nSPS) is 11.8. The van der Waals surface area contributed by atoms with Gasteiger partial charge in [0.15, 0.2) is 0 Å². The van der Waals surface area contributed by atoms with Gasteiger partial charge in [-0.3, -0.25) is 0 Å². The van der Waals surface area contributed by atoms with Gasteiger partial charge in [-0.15, -0.1) is 17.0 Å². The van der Waals surface area contributed by atoms with Crippen LogP contribution in [0.5, 0.6) is 0 Å². The van der Waals surface area contributed by atoms with Gasteiger partial charge in [-0.25, -0.2) is 0 Å². The fourth-order valence-electron chi connectivity index (χ4n) is 3.49. The topological polar surface area (TPSA) is 3.24 Å². The first-order valence-corrected chi connectivity index (χ1v) is 10.8. The summed E-state index contributed by atoms with van der Waals surface area (Å²) in [4.78, 5) is 2.30. The second-order valence-corrected chi connectivity index (χ2v) is 10.6. The number of nitrogens with zero attached hydrogens (tertiary/aromatic N) is 1. The van der Waals surface area contributed by atoms with Crippen molar-refractivity contribution in [2.75, 3.05) is 26.8 Å². The molecular weight excluding hydrogens is 389 g/mol. The molecule has 0 radical (unpaired) electrons. The van der Waals surface area contributed by atoms with E-state index in [9.17, 15) is 0 Å². The van der Waals surface area contributed by atoms with Crippen LogP contribution in [0.15, 0.2) is 91.0 Å². The molecule has 0 fully saturated rings. The van der Waals surface area contributed by atoms with Crippen LogP contribution in [-0.2, 0) is 0 Å². The maximum absolute atomic E-state index is 2.32. The molecule has 0 aliphatic rings. The van der Waals surface area contributed by atoms with Crippen molar-refractivity contribution < 1.29 is 0 Å². The van der Waals surface area contributed by atoms with Crippen molar-refractivity contribution in [1.82, 2.24) is 4.90 Å². The zero-order chi connectivity index (χ0) is 16.8. The van der Waals surface area contributed by atoms with E-state index < -0.39 is 7.26 Å². The van der Waals surface area contributed by atoms with Gasteiger partial charge in [0.2, 0.25) is 0 Å². The molecule has 132 valence electrons. The van der Waals surface area contributed by atoms with Crippen LogP contribution in [0.2, 0.25) is 0 Å². The summed E-state index contributed by atoms with van der Waals surface area (Å²) >= 11 is 0. The van der Waals surface area contributed by atoms with Crippen LogP contribution in [0, 0.1) is 0 Å². The van der Waals surface area contributed by atoms with Crippen molar-refractivity contribution in [3.8, 4) is 0 Å². The van der Waals surface area contributed by atoms with E-state index in [1.54, 1.807) is 0 Å². The molecule has 0 aromatic heterocycles. The summed E-state index contributed by atoms with van der Waals surface area (Å²) in [6.07, 6.45) is 1.18. The molecule has 0 N–H and O–H groups in total. The van der Waals surface area contributed by atoms with Crippen LogP contribution in [0.3, 0.4) is 0 Å². The summed E-state index contributed by atoms with van der Waals surface area (Å²) in [7, 11) is 2.31. The Bertz CT molecular complexity index is 648. The van der Waals surface area contributed by atoms with Gasteiger partial charge < -0.3 is 0 Å². The Morgan fingerprint density at radius 1 is 0.600 bits per heavy atom. The van der Waals surface area contributed by atoms with Crippen molar-refractivity contribution in [2.24, 2.45) is 0 Å². The summed E-state index contributed by atoms with van der Waals surface area (Å²) in [6.45, 7) is 1.09. The summed E-state index contributed by atoms with van der Waals surface area (Å²) in [5.41, 5.74) is 0. The molecule has 0 aliphatic carbocycles. The quantitative estimate of drug-likeness (QED) is 0.552. The molecular formula is C22H27BrNP. The second kappa shape index (κ2) is 9.29. The van der Waals surface area contributed by atoms with Crippen molar-refractivity contribution in [3.63, 3.8) is 0 Å². The van der Waals surface area contributed by atoms with Gasteiger partial charge in [0.25, 0.3) is 0 Å². The molecule has 0 bridgehead atoms. The number of hydrogen-bond donors (Lipinski definition) is 0. The summed E-state index contributed by atoms with van der Waals surface area (Å²) in [5, 5.41) is 4.47.